The maximum absolute atomic E-state index is 12.3. The summed E-state index contributed by atoms with van der Waals surface area (Å²) in [7, 11) is 0. The molecule has 2 aliphatic heterocycles. The number of carbonyl (C=O) groups is 1. The van der Waals surface area contributed by atoms with Crippen LogP contribution in [0.3, 0.4) is 0 Å². The highest BCUT2D eigenvalue weighted by atomic mass is 16.7. The third kappa shape index (κ3) is 22.4. The first-order valence-electron chi connectivity index (χ1n) is 21.9. The first-order chi connectivity index (χ1) is 28.6. The molecule has 2 heterocycles. The molecule has 14 nitrogen and oxygen atoms in total. The number of aliphatic hydroxyl groups excluding tert-OH is 7. The molecule has 7 N–H and O–H groups in total. The van der Waals surface area contributed by atoms with Gasteiger partial charge in [-0.25, -0.2) is 0 Å². The minimum absolute atomic E-state index is 0.0466. The number of hydrogen-bond acceptors (Lipinski definition) is 14. The van der Waals surface area contributed by atoms with Crippen LogP contribution in [-0.4, -0.2) is 142 Å². The SMILES string of the molecule is CC/C=C\C/C=C\C/C=C\C/C=C\C/C=C\CCCCCCCCCCOCC(COC1OC(COC2OC(CO)C(O)C(O)C2O)C(O)C(O)C1O)OC(=O)CCC. The summed E-state index contributed by atoms with van der Waals surface area (Å²) in [5.41, 5.74) is 0. The van der Waals surface area contributed by atoms with E-state index in [1.165, 1.54) is 32.1 Å². The van der Waals surface area contributed by atoms with E-state index in [-0.39, 0.29) is 19.6 Å². The molecule has 0 bridgehead atoms. The number of hydrogen-bond donors (Lipinski definition) is 7. The van der Waals surface area contributed by atoms with Crippen LogP contribution in [0.4, 0.5) is 0 Å². The Kier molecular flexibility index (Phi) is 29.8. The second-order valence-corrected chi connectivity index (χ2v) is 15.1. The Balaban J connectivity index is 1.59. The highest BCUT2D eigenvalue weighted by Crippen LogP contribution is 2.26. The fourth-order valence-electron chi connectivity index (χ4n) is 6.46. The monoisotopic (exact) mass is 841 g/mol. The summed E-state index contributed by atoms with van der Waals surface area (Å²) in [6, 6.07) is 0. The van der Waals surface area contributed by atoms with E-state index in [1.54, 1.807) is 0 Å². The lowest BCUT2D eigenvalue weighted by Gasteiger charge is -2.42. The van der Waals surface area contributed by atoms with Gasteiger partial charge in [-0.3, -0.25) is 4.79 Å². The van der Waals surface area contributed by atoms with Gasteiger partial charge in [-0.2, -0.15) is 0 Å². The Morgan fingerprint density at radius 3 is 1.63 bits per heavy atom. The van der Waals surface area contributed by atoms with E-state index in [0.29, 0.717) is 13.0 Å². The lowest BCUT2D eigenvalue weighted by Crippen LogP contribution is -2.61. The predicted molar refractivity (Wildman–Crippen MR) is 224 cm³/mol. The van der Waals surface area contributed by atoms with Gasteiger partial charge in [-0.1, -0.05) is 113 Å². The van der Waals surface area contributed by atoms with Gasteiger partial charge in [-0.15, -0.1) is 0 Å². The zero-order valence-electron chi connectivity index (χ0n) is 35.5. The molecular formula is C45H76O14. The third-order valence-corrected chi connectivity index (χ3v) is 10.0. The number of allylic oxidation sites excluding steroid dienone is 10. The maximum atomic E-state index is 12.3. The molecule has 59 heavy (non-hydrogen) atoms. The van der Waals surface area contributed by atoms with Crippen LogP contribution in [-0.2, 0) is 33.2 Å². The highest BCUT2D eigenvalue weighted by Gasteiger charge is 2.47. The van der Waals surface area contributed by atoms with Crippen molar-refractivity contribution in [3.8, 4) is 0 Å². The summed E-state index contributed by atoms with van der Waals surface area (Å²) >= 11 is 0. The first kappa shape index (κ1) is 52.8. The van der Waals surface area contributed by atoms with Crippen LogP contribution >= 0.6 is 0 Å². The smallest absolute Gasteiger partial charge is 0.306 e. The number of unbranched alkanes of at least 4 members (excludes halogenated alkanes) is 8. The second kappa shape index (κ2) is 33.3. The number of carbonyl (C=O) groups excluding carboxylic acids is 1. The lowest BCUT2D eigenvalue weighted by atomic mass is 9.98. The molecule has 11 unspecified atom stereocenters. The minimum atomic E-state index is -1.70. The topological polar surface area (TPSA) is 214 Å². The van der Waals surface area contributed by atoms with Gasteiger partial charge in [0.1, 0.15) is 54.9 Å². The summed E-state index contributed by atoms with van der Waals surface area (Å²) in [6.45, 7) is 3.13. The van der Waals surface area contributed by atoms with Gasteiger partial charge in [0, 0.05) is 13.0 Å². The van der Waals surface area contributed by atoms with E-state index in [9.17, 15) is 40.5 Å². The third-order valence-electron chi connectivity index (χ3n) is 10.0. The van der Waals surface area contributed by atoms with Crippen molar-refractivity contribution in [3.05, 3.63) is 60.8 Å². The quantitative estimate of drug-likeness (QED) is 0.0280. The Morgan fingerprint density at radius 2 is 1.07 bits per heavy atom. The first-order valence-corrected chi connectivity index (χ1v) is 21.9. The summed E-state index contributed by atoms with van der Waals surface area (Å²) in [5.74, 6) is -0.436. The molecule has 0 aromatic carbocycles. The van der Waals surface area contributed by atoms with E-state index in [4.69, 9.17) is 28.4 Å². The number of rotatable bonds is 32. The largest absolute Gasteiger partial charge is 0.457 e. The van der Waals surface area contributed by atoms with Gasteiger partial charge in [0.25, 0.3) is 0 Å². The molecule has 2 aliphatic rings. The van der Waals surface area contributed by atoms with Crippen LogP contribution in [0.1, 0.15) is 117 Å². The molecule has 11 atom stereocenters. The molecule has 0 radical (unpaired) electrons. The zero-order valence-corrected chi connectivity index (χ0v) is 35.5. The van der Waals surface area contributed by atoms with Crippen LogP contribution in [0.5, 0.6) is 0 Å². The Hall–Kier alpha value is -2.31. The molecule has 0 aliphatic carbocycles. The Morgan fingerprint density at radius 1 is 0.576 bits per heavy atom. The number of ether oxygens (including phenoxy) is 6. The van der Waals surface area contributed by atoms with Crippen LogP contribution in [0.25, 0.3) is 0 Å². The molecule has 2 fully saturated rings. The van der Waals surface area contributed by atoms with Crippen LogP contribution < -0.4 is 0 Å². The van der Waals surface area contributed by atoms with E-state index in [0.717, 1.165) is 57.8 Å². The molecule has 2 saturated heterocycles. The van der Waals surface area contributed by atoms with Gasteiger partial charge in [-0.05, 0) is 57.8 Å². The summed E-state index contributed by atoms with van der Waals surface area (Å²) in [5, 5.41) is 71.3. The van der Waals surface area contributed by atoms with Crippen molar-refractivity contribution in [2.24, 2.45) is 0 Å². The van der Waals surface area contributed by atoms with Crippen molar-refractivity contribution in [1.29, 1.82) is 0 Å². The maximum Gasteiger partial charge on any atom is 0.306 e. The molecule has 0 aromatic rings. The second-order valence-electron chi connectivity index (χ2n) is 15.1. The molecule has 0 spiro atoms. The molecule has 0 amide bonds. The van der Waals surface area contributed by atoms with Crippen LogP contribution in [0.2, 0.25) is 0 Å². The van der Waals surface area contributed by atoms with Crippen molar-refractivity contribution in [1.82, 2.24) is 0 Å². The van der Waals surface area contributed by atoms with E-state index in [2.05, 4.69) is 67.7 Å². The summed E-state index contributed by atoms with van der Waals surface area (Å²) in [4.78, 5) is 12.3. The average Bonchev–Trinajstić information content (AvgIpc) is 3.23. The van der Waals surface area contributed by atoms with Crippen molar-refractivity contribution in [3.63, 3.8) is 0 Å². The van der Waals surface area contributed by atoms with Gasteiger partial charge in [0.05, 0.1) is 26.4 Å². The van der Waals surface area contributed by atoms with Crippen molar-refractivity contribution in [2.45, 2.75) is 184 Å². The van der Waals surface area contributed by atoms with E-state index < -0.39 is 86.7 Å². The Labute approximate surface area is 352 Å². The summed E-state index contributed by atoms with van der Waals surface area (Å²) < 4.78 is 33.5. The standard InChI is InChI=1S/C45H76O14/c1-3-5-6-7-8-9-10-11-12-13-14-15-16-17-18-19-20-21-22-23-24-25-26-27-29-54-31-34(57-37(47)28-4-2)32-55-44-43(53)41(51)39(49)36(59-44)33-56-45-42(52)40(50)38(48)35(30-46)58-45/h5-6,8-9,11-12,14-15,17-18,34-36,38-46,48-53H,3-4,7,10,13,16,19-33H2,1-2H3/b6-5-,9-8-,12-11-,15-14-,18-17-. The molecule has 0 aromatic heterocycles. The summed E-state index contributed by atoms with van der Waals surface area (Å²) in [6.07, 6.45) is 22.0. The molecule has 14 heteroatoms. The molecule has 0 saturated carbocycles. The fourth-order valence-corrected chi connectivity index (χ4v) is 6.46. The van der Waals surface area contributed by atoms with Gasteiger partial charge in [0.2, 0.25) is 0 Å². The lowest BCUT2D eigenvalue weighted by molar-refractivity contribution is -0.332. The average molecular weight is 841 g/mol. The van der Waals surface area contributed by atoms with E-state index in [1.807, 2.05) is 6.92 Å². The van der Waals surface area contributed by atoms with Gasteiger partial charge in [0.15, 0.2) is 12.6 Å². The van der Waals surface area contributed by atoms with Crippen molar-refractivity contribution < 1.29 is 69.0 Å². The highest BCUT2D eigenvalue weighted by molar-refractivity contribution is 5.69. The normalized spacial score (nSPS) is 28.6. The minimum Gasteiger partial charge on any atom is -0.457 e. The fraction of sp³-hybridized carbons (Fsp3) is 0.756. The molecular weight excluding hydrogens is 764 g/mol. The number of aliphatic hydroxyl groups is 7. The van der Waals surface area contributed by atoms with Crippen LogP contribution in [0.15, 0.2) is 60.8 Å². The van der Waals surface area contributed by atoms with Crippen molar-refractivity contribution in [2.75, 3.05) is 33.0 Å². The van der Waals surface area contributed by atoms with Crippen LogP contribution in [0, 0.1) is 0 Å². The number of esters is 1. The van der Waals surface area contributed by atoms with E-state index >= 15 is 0 Å². The zero-order chi connectivity index (χ0) is 43.1. The molecule has 2 rings (SSSR count). The van der Waals surface area contributed by atoms with Gasteiger partial charge < -0.3 is 64.2 Å². The predicted octanol–water partition coefficient (Wildman–Crippen LogP) is 4.62. The van der Waals surface area contributed by atoms with Crippen molar-refractivity contribution >= 4 is 5.97 Å². The molecule has 340 valence electrons. The Bertz CT molecular complexity index is 1210. The van der Waals surface area contributed by atoms with Gasteiger partial charge >= 0.3 is 5.97 Å².